The third-order valence-corrected chi connectivity index (χ3v) is 4.43. The zero-order valence-electron chi connectivity index (χ0n) is 10.9. The summed E-state index contributed by atoms with van der Waals surface area (Å²) in [5.41, 5.74) is 5.94. The molecule has 0 bridgehead atoms. The number of rotatable bonds is 4. The maximum Gasteiger partial charge on any atom is 0.0246 e. The van der Waals surface area contributed by atoms with Crippen LogP contribution in [0.2, 0.25) is 0 Å². The molecule has 0 spiro atoms. The molecule has 1 aliphatic carbocycles. The van der Waals surface area contributed by atoms with Crippen LogP contribution in [0.25, 0.3) is 0 Å². The highest BCUT2D eigenvalue weighted by Crippen LogP contribution is 2.36. The highest BCUT2D eigenvalue weighted by molar-refractivity contribution is 4.90. The Labute approximate surface area is 100.0 Å². The SMILES string of the molecule is CN1CCCC(N(C)C(CN)C2CC2)CC1. The largest absolute Gasteiger partial charge is 0.329 e. The van der Waals surface area contributed by atoms with Crippen LogP contribution in [0.5, 0.6) is 0 Å². The van der Waals surface area contributed by atoms with E-state index < -0.39 is 0 Å². The van der Waals surface area contributed by atoms with Gasteiger partial charge in [-0.05, 0) is 65.2 Å². The van der Waals surface area contributed by atoms with Gasteiger partial charge in [-0.15, -0.1) is 0 Å². The van der Waals surface area contributed by atoms with Crippen molar-refractivity contribution in [1.29, 1.82) is 0 Å². The molecule has 2 rings (SSSR count). The Morgan fingerprint density at radius 2 is 2.00 bits per heavy atom. The summed E-state index contributed by atoms with van der Waals surface area (Å²) < 4.78 is 0. The molecule has 2 atom stereocenters. The topological polar surface area (TPSA) is 32.5 Å². The first-order chi connectivity index (χ1) is 7.72. The minimum atomic E-state index is 0.647. The molecular formula is C13H27N3. The lowest BCUT2D eigenvalue weighted by Gasteiger charge is -2.34. The normalized spacial score (nSPS) is 30.4. The lowest BCUT2D eigenvalue weighted by atomic mass is 10.0. The van der Waals surface area contributed by atoms with E-state index in [9.17, 15) is 0 Å². The first-order valence-corrected chi connectivity index (χ1v) is 6.83. The van der Waals surface area contributed by atoms with Gasteiger partial charge in [0.15, 0.2) is 0 Å². The molecular weight excluding hydrogens is 198 g/mol. The molecule has 1 saturated carbocycles. The highest BCUT2D eigenvalue weighted by atomic mass is 15.2. The molecule has 0 radical (unpaired) electrons. The summed E-state index contributed by atoms with van der Waals surface area (Å²) >= 11 is 0. The Hall–Kier alpha value is -0.120. The molecule has 2 aliphatic rings. The van der Waals surface area contributed by atoms with Crippen molar-refractivity contribution in [1.82, 2.24) is 9.80 Å². The molecule has 3 nitrogen and oxygen atoms in total. The number of nitrogens with two attached hydrogens (primary N) is 1. The molecule has 0 aromatic carbocycles. The average Bonchev–Trinajstić information content (AvgIpc) is 3.07. The van der Waals surface area contributed by atoms with Crippen molar-refractivity contribution in [3.05, 3.63) is 0 Å². The molecule has 1 saturated heterocycles. The van der Waals surface area contributed by atoms with Crippen LogP contribution in [0, 0.1) is 5.92 Å². The number of likely N-dealkylation sites (N-methyl/N-ethyl adjacent to an activating group) is 1. The quantitative estimate of drug-likeness (QED) is 0.779. The lowest BCUT2D eigenvalue weighted by molar-refractivity contribution is 0.145. The minimum absolute atomic E-state index is 0.647. The fourth-order valence-corrected chi connectivity index (χ4v) is 3.07. The van der Waals surface area contributed by atoms with E-state index in [0.29, 0.717) is 6.04 Å². The van der Waals surface area contributed by atoms with Crippen molar-refractivity contribution >= 4 is 0 Å². The predicted octanol–water partition coefficient (Wildman–Crippen LogP) is 1.14. The van der Waals surface area contributed by atoms with Crippen molar-refractivity contribution in [2.45, 2.75) is 44.2 Å². The van der Waals surface area contributed by atoms with Gasteiger partial charge >= 0.3 is 0 Å². The zero-order valence-corrected chi connectivity index (χ0v) is 10.9. The van der Waals surface area contributed by atoms with Gasteiger partial charge in [0.1, 0.15) is 0 Å². The van der Waals surface area contributed by atoms with E-state index in [-0.39, 0.29) is 0 Å². The summed E-state index contributed by atoms with van der Waals surface area (Å²) in [6, 6.07) is 1.41. The average molecular weight is 225 g/mol. The van der Waals surface area contributed by atoms with Gasteiger partial charge < -0.3 is 10.6 Å². The third kappa shape index (κ3) is 2.96. The Bertz CT molecular complexity index is 215. The Morgan fingerprint density at radius 1 is 1.25 bits per heavy atom. The zero-order chi connectivity index (χ0) is 11.5. The molecule has 0 aromatic rings. The molecule has 0 amide bonds. The lowest BCUT2D eigenvalue weighted by Crippen LogP contribution is -2.45. The number of likely N-dealkylation sites (tertiary alicyclic amines) is 1. The summed E-state index contributed by atoms with van der Waals surface area (Å²) in [6.07, 6.45) is 6.81. The van der Waals surface area contributed by atoms with Crippen LogP contribution in [0.3, 0.4) is 0 Å². The minimum Gasteiger partial charge on any atom is -0.329 e. The van der Waals surface area contributed by atoms with Gasteiger partial charge in [0.2, 0.25) is 0 Å². The molecule has 2 fully saturated rings. The highest BCUT2D eigenvalue weighted by Gasteiger charge is 2.35. The molecule has 2 N–H and O–H groups in total. The first-order valence-electron chi connectivity index (χ1n) is 6.83. The summed E-state index contributed by atoms with van der Waals surface area (Å²) in [4.78, 5) is 5.05. The predicted molar refractivity (Wildman–Crippen MR) is 68.5 cm³/mol. The number of nitrogens with zero attached hydrogens (tertiary/aromatic N) is 2. The standard InChI is InChI=1S/C13H27N3/c1-15-8-3-4-12(7-9-15)16(2)13(10-14)11-5-6-11/h11-13H,3-10,14H2,1-2H3. The summed E-state index contributed by atoms with van der Waals surface area (Å²) in [5.74, 6) is 0.899. The smallest absolute Gasteiger partial charge is 0.0246 e. The van der Waals surface area contributed by atoms with Crippen molar-refractivity contribution < 1.29 is 0 Å². The fourth-order valence-electron chi connectivity index (χ4n) is 3.07. The van der Waals surface area contributed by atoms with Crippen LogP contribution in [0.4, 0.5) is 0 Å². The van der Waals surface area contributed by atoms with Gasteiger partial charge in [0, 0.05) is 18.6 Å². The Balaban J connectivity index is 1.88. The second-order valence-corrected chi connectivity index (χ2v) is 5.69. The third-order valence-electron chi connectivity index (χ3n) is 4.43. The van der Waals surface area contributed by atoms with Crippen LogP contribution in [0.1, 0.15) is 32.1 Å². The number of hydrogen-bond acceptors (Lipinski definition) is 3. The Morgan fingerprint density at radius 3 is 2.62 bits per heavy atom. The van der Waals surface area contributed by atoms with Crippen LogP contribution in [-0.4, -0.2) is 55.6 Å². The van der Waals surface area contributed by atoms with Crippen LogP contribution < -0.4 is 5.73 Å². The first kappa shape index (κ1) is 12.3. The van der Waals surface area contributed by atoms with Gasteiger partial charge in [-0.1, -0.05) is 0 Å². The molecule has 0 aromatic heterocycles. The van der Waals surface area contributed by atoms with Crippen LogP contribution in [0.15, 0.2) is 0 Å². The Kier molecular flexibility index (Phi) is 4.22. The molecule has 1 heterocycles. The van der Waals surface area contributed by atoms with Crippen molar-refractivity contribution in [3.8, 4) is 0 Å². The summed E-state index contributed by atoms with van der Waals surface area (Å²) in [6.45, 7) is 3.35. The van der Waals surface area contributed by atoms with Gasteiger partial charge in [-0.3, -0.25) is 4.90 Å². The van der Waals surface area contributed by atoms with E-state index in [1.807, 2.05) is 0 Å². The van der Waals surface area contributed by atoms with Gasteiger partial charge in [0.05, 0.1) is 0 Å². The van der Waals surface area contributed by atoms with Crippen molar-refractivity contribution in [2.24, 2.45) is 11.7 Å². The maximum atomic E-state index is 5.94. The molecule has 94 valence electrons. The van der Waals surface area contributed by atoms with E-state index in [1.165, 1.54) is 45.2 Å². The molecule has 3 heteroatoms. The summed E-state index contributed by atoms with van der Waals surface area (Å²) in [5, 5.41) is 0. The van der Waals surface area contributed by atoms with E-state index in [4.69, 9.17) is 5.73 Å². The van der Waals surface area contributed by atoms with Crippen molar-refractivity contribution in [2.75, 3.05) is 33.7 Å². The molecule has 1 aliphatic heterocycles. The number of hydrogen-bond donors (Lipinski definition) is 1. The second-order valence-electron chi connectivity index (χ2n) is 5.69. The molecule has 16 heavy (non-hydrogen) atoms. The molecule has 2 unspecified atom stereocenters. The van der Waals surface area contributed by atoms with Crippen molar-refractivity contribution in [3.63, 3.8) is 0 Å². The fraction of sp³-hybridized carbons (Fsp3) is 1.00. The maximum absolute atomic E-state index is 5.94. The van der Waals surface area contributed by atoms with Crippen LogP contribution >= 0.6 is 0 Å². The second kappa shape index (κ2) is 5.48. The van der Waals surface area contributed by atoms with E-state index in [2.05, 4.69) is 23.9 Å². The van der Waals surface area contributed by atoms with E-state index in [1.54, 1.807) is 0 Å². The summed E-state index contributed by atoms with van der Waals surface area (Å²) in [7, 11) is 4.54. The van der Waals surface area contributed by atoms with Crippen LogP contribution in [-0.2, 0) is 0 Å². The monoisotopic (exact) mass is 225 g/mol. The van der Waals surface area contributed by atoms with E-state index >= 15 is 0 Å². The van der Waals surface area contributed by atoms with Gasteiger partial charge in [0.25, 0.3) is 0 Å². The van der Waals surface area contributed by atoms with Gasteiger partial charge in [-0.25, -0.2) is 0 Å². The van der Waals surface area contributed by atoms with E-state index in [0.717, 1.165) is 18.5 Å². The van der Waals surface area contributed by atoms with Gasteiger partial charge in [-0.2, -0.15) is 0 Å².